The van der Waals surface area contributed by atoms with E-state index in [4.69, 9.17) is 9.72 Å². The predicted molar refractivity (Wildman–Crippen MR) is 129 cm³/mol. The van der Waals surface area contributed by atoms with Gasteiger partial charge in [0.25, 0.3) is 0 Å². The quantitative estimate of drug-likeness (QED) is 0.592. The number of benzene rings is 1. The van der Waals surface area contributed by atoms with Crippen LogP contribution in [-0.4, -0.2) is 59.7 Å². The van der Waals surface area contributed by atoms with Crippen LogP contribution in [0.1, 0.15) is 50.0 Å². The molecule has 1 N–H and O–H groups in total. The van der Waals surface area contributed by atoms with Crippen molar-refractivity contribution in [1.29, 1.82) is 0 Å². The van der Waals surface area contributed by atoms with Crippen LogP contribution in [0.25, 0.3) is 0 Å². The lowest BCUT2D eigenvalue weighted by Gasteiger charge is -2.26. The van der Waals surface area contributed by atoms with Gasteiger partial charge in [-0.15, -0.1) is 0 Å². The number of hydrogen-bond donors (Lipinski definition) is 1. The molecule has 4 rings (SSSR count). The van der Waals surface area contributed by atoms with Gasteiger partial charge in [-0.3, -0.25) is 4.79 Å². The summed E-state index contributed by atoms with van der Waals surface area (Å²) >= 11 is 1.47. The molecule has 1 aliphatic carbocycles. The minimum Gasteiger partial charge on any atom is -0.379 e. The zero-order valence-corrected chi connectivity index (χ0v) is 21.0. The van der Waals surface area contributed by atoms with Crippen molar-refractivity contribution < 1.29 is 17.9 Å². The van der Waals surface area contributed by atoms with Crippen LogP contribution >= 0.6 is 11.8 Å². The minimum absolute atomic E-state index is 0.139. The van der Waals surface area contributed by atoms with Crippen LogP contribution in [0.3, 0.4) is 0 Å². The summed E-state index contributed by atoms with van der Waals surface area (Å²) in [6.45, 7) is 7.50. The normalized spacial score (nSPS) is 19.0. The Bertz CT molecular complexity index is 1090. The zero-order chi connectivity index (χ0) is 23.6. The molecular formula is C23H32N4O4S2. The fourth-order valence-electron chi connectivity index (χ4n) is 4.37. The first-order chi connectivity index (χ1) is 15.8. The zero-order valence-electron chi connectivity index (χ0n) is 19.4. The second-order valence-corrected chi connectivity index (χ2v) is 11.9. The van der Waals surface area contributed by atoms with Gasteiger partial charge in [-0.2, -0.15) is 4.31 Å². The molecule has 1 aromatic carbocycles. The van der Waals surface area contributed by atoms with Crippen LogP contribution in [-0.2, 0) is 19.6 Å². The highest BCUT2D eigenvalue weighted by Gasteiger charge is 2.27. The second-order valence-electron chi connectivity index (χ2n) is 8.66. The third kappa shape index (κ3) is 5.29. The first-order valence-corrected chi connectivity index (χ1v) is 13.8. The van der Waals surface area contributed by atoms with Gasteiger partial charge in [0.15, 0.2) is 5.16 Å². The van der Waals surface area contributed by atoms with Crippen molar-refractivity contribution >= 4 is 33.4 Å². The summed E-state index contributed by atoms with van der Waals surface area (Å²) in [5, 5.41) is 3.46. The molecule has 1 saturated carbocycles. The number of aryl methyl sites for hydroxylation is 1. The molecule has 8 nitrogen and oxygen atoms in total. The standard InChI is InChI=1S/C23H32N4O4S2/c1-16-17(2)27(20-6-4-5-7-20)23(24-16)32-18(3)22(28)25-19-8-10-21(11-9-19)33(29,30)26-12-14-31-15-13-26/h8-11,18,20H,4-7,12-15H2,1-3H3,(H,25,28). The van der Waals surface area contributed by atoms with Gasteiger partial charge in [0.1, 0.15) is 0 Å². The molecule has 2 aliphatic rings. The highest BCUT2D eigenvalue weighted by molar-refractivity contribution is 8.00. The summed E-state index contributed by atoms with van der Waals surface area (Å²) in [5.74, 6) is -0.139. The molecule has 10 heteroatoms. The number of aromatic nitrogens is 2. The van der Waals surface area contributed by atoms with Gasteiger partial charge in [-0.05, 0) is 57.9 Å². The molecule has 1 saturated heterocycles. The molecule has 1 unspecified atom stereocenters. The smallest absolute Gasteiger partial charge is 0.243 e. The summed E-state index contributed by atoms with van der Waals surface area (Å²) in [5.41, 5.74) is 2.75. The Morgan fingerprint density at radius 1 is 1.15 bits per heavy atom. The number of carbonyl (C=O) groups is 1. The number of nitrogens with zero attached hydrogens (tertiary/aromatic N) is 3. The highest BCUT2D eigenvalue weighted by Crippen LogP contribution is 2.36. The molecule has 0 spiro atoms. The van der Waals surface area contributed by atoms with Crippen molar-refractivity contribution in [1.82, 2.24) is 13.9 Å². The fraction of sp³-hybridized carbons (Fsp3) is 0.565. The molecule has 1 atom stereocenters. The SMILES string of the molecule is Cc1nc(SC(C)C(=O)Nc2ccc(S(=O)(=O)N3CCOCC3)cc2)n(C2CCCC2)c1C. The molecular weight excluding hydrogens is 460 g/mol. The molecule has 1 aromatic heterocycles. The maximum Gasteiger partial charge on any atom is 0.243 e. The van der Waals surface area contributed by atoms with Crippen molar-refractivity contribution in [3.8, 4) is 0 Å². The van der Waals surface area contributed by atoms with E-state index in [1.807, 2.05) is 13.8 Å². The molecule has 1 aliphatic heterocycles. The summed E-state index contributed by atoms with van der Waals surface area (Å²) in [6.07, 6.45) is 4.78. The first-order valence-electron chi connectivity index (χ1n) is 11.5. The number of morpholine rings is 1. The summed E-state index contributed by atoms with van der Waals surface area (Å²) in [4.78, 5) is 17.8. The maximum atomic E-state index is 12.9. The number of hydrogen-bond acceptors (Lipinski definition) is 6. The van der Waals surface area contributed by atoms with Gasteiger partial charge in [0, 0.05) is 30.5 Å². The average Bonchev–Trinajstić information content (AvgIpc) is 3.42. The second kappa shape index (κ2) is 10.2. The summed E-state index contributed by atoms with van der Waals surface area (Å²) in [6, 6.07) is 6.81. The number of imidazole rings is 1. The van der Waals surface area contributed by atoms with Gasteiger partial charge in [0.05, 0.1) is 29.1 Å². The van der Waals surface area contributed by atoms with Crippen LogP contribution in [0, 0.1) is 13.8 Å². The van der Waals surface area contributed by atoms with Gasteiger partial charge in [-0.25, -0.2) is 13.4 Å². The molecule has 2 heterocycles. The van der Waals surface area contributed by atoms with Gasteiger partial charge in [0.2, 0.25) is 15.9 Å². The van der Waals surface area contributed by atoms with Crippen LogP contribution < -0.4 is 5.32 Å². The average molecular weight is 493 g/mol. The Morgan fingerprint density at radius 3 is 2.42 bits per heavy atom. The van der Waals surface area contributed by atoms with E-state index in [9.17, 15) is 13.2 Å². The number of ether oxygens (including phenoxy) is 1. The number of rotatable bonds is 7. The number of anilines is 1. The van der Waals surface area contributed by atoms with Crippen molar-refractivity contribution in [2.75, 3.05) is 31.6 Å². The molecule has 180 valence electrons. The Morgan fingerprint density at radius 2 is 1.79 bits per heavy atom. The van der Waals surface area contributed by atoms with Gasteiger partial charge in [-0.1, -0.05) is 24.6 Å². The minimum atomic E-state index is -3.55. The molecule has 33 heavy (non-hydrogen) atoms. The lowest BCUT2D eigenvalue weighted by molar-refractivity contribution is -0.115. The lowest BCUT2D eigenvalue weighted by Crippen LogP contribution is -2.40. The third-order valence-corrected chi connectivity index (χ3v) is 9.40. The van der Waals surface area contributed by atoms with Crippen LogP contribution in [0.5, 0.6) is 0 Å². The van der Waals surface area contributed by atoms with E-state index in [2.05, 4.69) is 16.8 Å². The Kier molecular flexibility index (Phi) is 7.47. The Balaban J connectivity index is 1.41. The van der Waals surface area contributed by atoms with Gasteiger partial charge < -0.3 is 14.6 Å². The maximum absolute atomic E-state index is 12.9. The summed E-state index contributed by atoms with van der Waals surface area (Å²) in [7, 11) is -3.55. The van der Waals surface area contributed by atoms with Crippen LogP contribution in [0.2, 0.25) is 0 Å². The molecule has 2 fully saturated rings. The Labute approximate surface area is 200 Å². The number of thioether (sulfide) groups is 1. The lowest BCUT2D eigenvalue weighted by atomic mass is 10.2. The monoisotopic (exact) mass is 492 g/mol. The van der Waals surface area contributed by atoms with Crippen molar-refractivity contribution in [2.24, 2.45) is 0 Å². The summed E-state index contributed by atoms with van der Waals surface area (Å²) < 4.78 is 34.5. The first kappa shape index (κ1) is 24.3. The topological polar surface area (TPSA) is 93.5 Å². The van der Waals surface area contributed by atoms with E-state index in [-0.39, 0.29) is 16.1 Å². The number of amides is 1. The van der Waals surface area contributed by atoms with E-state index in [0.29, 0.717) is 38.0 Å². The van der Waals surface area contributed by atoms with Crippen molar-refractivity contribution in [3.63, 3.8) is 0 Å². The Hall–Kier alpha value is -1.88. The largest absolute Gasteiger partial charge is 0.379 e. The van der Waals surface area contributed by atoms with E-state index in [1.165, 1.54) is 46.7 Å². The van der Waals surface area contributed by atoms with Crippen LogP contribution in [0.15, 0.2) is 34.3 Å². The molecule has 1 amide bonds. The number of carbonyl (C=O) groups excluding carboxylic acids is 1. The van der Waals surface area contributed by atoms with E-state index < -0.39 is 10.0 Å². The third-order valence-electron chi connectivity index (χ3n) is 6.43. The highest BCUT2D eigenvalue weighted by atomic mass is 32.2. The van der Waals surface area contributed by atoms with Crippen LogP contribution in [0.4, 0.5) is 5.69 Å². The van der Waals surface area contributed by atoms with E-state index >= 15 is 0 Å². The number of sulfonamides is 1. The molecule has 0 radical (unpaired) electrons. The molecule has 2 aromatic rings. The van der Waals surface area contributed by atoms with E-state index in [1.54, 1.807) is 12.1 Å². The number of nitrogens with one attached hydrogen (secondary N) is 1. The fourth-order valence-corrected chi connectivity index (χ4v) is 6.85. The predicted octanol–water partition coefficient (Wildman–Crippen LogP) is 3.76. The molecule has 0 bridgehead atoms. The van der Waals surface area contributed by atoms with Crippen molar-refractivity contribution in [2.45, 2.75) is 67.8 Å². The van der Waals surface area contributed by atoms with Gasteiger partial charge >= 0.3 is 0 Å². The van der Waals surface area contributed by atoms with E-state index in [0.717, 1.165) is 23.7 Å². The van der Waals surface area contributed by atoms with Crippen molar-refractivity contribution in [3.05, 3.63) is 35.7 Å².